The van der Waals surface area contributed by atoms with Crippen molar-refractivity contribution in [2.75, 3.05) is 13.2 Å². The number of carbonyl (C=O) groups is 1. The van der Waals surface area contributed by atoms with Crippen molar-refractivity contribution in [1.29, 1.82) is 0 Å². The molecule has 0 saturated heterocycles. The molecule has 2 aliphatic rings. The summed E-state index contributed by atoms with van der Waals surface area (Å²) in [5.74, 6) is 1.60. The standard InChI is InChI=1S/C20H21NO4/c1-21-16-4-2-3-13(15(16)6-8-20(21)23)11-17(22)14-5-7-18-19(12-14)25-10-9-24-18/h5-8,12-13H,2-4,9-11H2,1H3. The fourth-order valence-corrected chi connectivity index (χ4v) is 3.82. The minimum Gasteiger partial charge on any atom is -0.486 e. The van der Waals surface area contributed by atoms with Gasteiger partial charge in [0.1, 0.15) is 13.2 Å². The fraction of sp³-hybridized carbons (Fsp3) is 0.400. The van der Waals surface area contributed by atoms with Gasteiger partial charge in [-0.25, -0.2) is 0 Å². The molecule has 130 valence electrons. The van der Waals surface area contributed by atoms with E-state index in [1.54, 1.807) is 28.8 Å². The summed E-state index contributed by atoms with van der Waals surface area (Å²) in [6.07, 6.45) is 3.33. The molecule has 5 heteroatoms. The van der Waals surface area contributed by atoms with E-state index in [-0.39, 0.29) is 17.3 Å². The van der Waals surface area contributed by atoms with Gasteiger partial charge in [0.2, 0.25) is 5.56 Å². The van der Waals surface area contributed by atoms with Crippen molar-refractivity contribution in [2.45, 2.75) is 31.6 Å². The van der Waals surface area contributed by atoms with Crippen LogP contribution in [0.1, 0.15) is 46.8 Å². The maximum atomic E-state index is 12.8. The summed E-state index contributed by atoms with van der Waals surface area (Å²) in [4.78, 5) is 24.6. The summed E-state index contributed by atoms with van der Waals surface area (Å²) in [6.45, 7) is 1.05. The summed E-state index contributed by atoms with van der Waals surface area (Å²) in [5, 5.41) is 0. The van der Waals surface area contributed by atoms with Crippen molar-refractivity contribution in [3.8, 4) is 11.5 Å². The Kier molecular flexibility index (Phi) is 4.07. The molecule has 0 N–H and O–H groups in total. The third kappa shape index (κ3) is 2.95. The number of rotatable bonds is 3. The lowest BCUT2D eigenvalue weighted by Gasteiger charge is -2.26. The first kappa shape index (κ1) is 15.9. The van der Waals surface area contributed by atoms with Gasteiger partial charge in [-0.3, -0.25) is 9.59 Å². The second kappa shape index (κ2) is 6.39. The van der Waals surface area contributed by atoms with E-state index in [1.165, 1.54) is 0 Å². The largest absolute Gasteiger partial charge is 0.486 e. The minimum atomic E-state index is 0.0116. The van der Waals surface area contributed by atoms with Gasteiger partial charge in [0, 0.05) is 30.8 Å². The molecule has 4 rings (SSSR count). The zero-order valence-electron chi connectivity index (χ0n) is 14.3. The highest BCUT2D eigenvalue weighted by Gasteiger charge is 2.25. The molecule has 2 aromatic rings. The van der Waals surface area contributed by atoms with Crippen LogP contribution < -0.4 is 15.0 Å². The zero-order valence-corrected chi connectivity index (χ0v) is 14.3. The molecule has 0 saturated carbocycles. The van der Waals surface area contributed by atoms with Gasteiger partial charge in [-0.05, 0) is 48.9 Å². The Balaban J connectivity index is 1.58. The number of carbonyl (C=O) groups excluding carboxylic acids is 1. The molecular weight excluding hydrogens is 318 g/mol. The first-order valence-electron chi connectivity index (χ1n) is 8.75. The highest BCUT2D eigenvalue weighted by molar-refractivity contribution is 5.97. The Labute approximate surface area is 146 Å². The molecule has 0 bridgehead atoms. The zero-order chi connectivity index (χ0) is 17.4. The number of hydrogen-bond donors (Lipinski definition) is 0. The van der Waals surface area contributed by atoms with Crippen LogP contribution in [0.15, 0.2) is 35.1 Å². The molecule has 1 atom stereocenters. The minimum absolute atomic E-state index is 0.0116. The Morgan fingerprint density at radius 3 is 2.80 bits per heavy atom. The SMILES string of the molecule is Cn1c2c(ccc1=O)C(CC(=O)c1ccc3c(c1)OCCO3)CCC2. The summed E-state index contributed by atoms with van der Waals surface area (Å²) in [5.41, 5.74) is 2.87. The van der Waals surface area contributed by atoms with E-state index in [0.717, 1.165) is 30.5 Å². The number of ether oxygens (including phenoxy) is 2. The second-order valence-electron chi connectivity index (χ2n) is 6.71. The average Bonchev–Trinajstić information content (AvgIpc) is 2.64. The molecule has 2 heterocycles. The molecule has 25 heavy (non-hydrogen) atoms. The van der Waals surface area contributed by atoms with Gasteiger partial charge in [0.05, 0.1) is 0 Å². The Morgan fingerprint density at radius 2 is 1.96 bits per heavy atom. The molecule has 1 aliphatic heterocycles. The molecule has 0 fully saturated rings. The molecule has 0 radical (unpaired) electrons. The van der Waals surface area contributed by atoms with Crippen molar-refractivity contribution in [2.24, 2.45) is 7.05 Å². The van der Waals surface area contributed by atoms with Crippen molar-refractivity contribution in [3.63, 3.8) is 0 Å². The van der Waals surface area contributed by atoms with Gasteiger partial charge in [-0.1, -0.05) is 6.07 Å². The van der Waals surface area contributed by atoms with Crippen molar-refractivity contribution in [3.05, 3.63) is 57.5 Å². The maximum absolute atomic E-state index is 12.8. The van der Waals surface area contributed by atoms with Gasteiger partial charge in [-0.2, -0.15) is 0 Å². The van der Waals surface area contributed by atoms with E-state index in [4.69, 9.17) is 9.47 Å². The van der Waals surface area contributed by atoms with E-state index in [2.05, 4.69) is 0 Å². The van der Waals surface area contributed by atoms with Crippen LogP contribution in [0.25, 0.3) is 0 Å². The summed E-state index contributed by atoms with van der Waals surface area (Å²) >= 11 is 0. The van der Waals surface area contributed by atoms with E-state index in [1.807, 2.05) is 13.1 Å². The number of fused-ring (bicyclic) bond motifs is 2. The number of Topliss-reactive ketones (excluding diaryl/α,β-unsaturated/α-hetero) is 1. The van der Waals surface area contributed by atoms with Crippen LogP contribution in [-0.4, -0.2) is 23.6 Å². The Morgan fingerprint density at radius 1 is 1.16 bits per heavy atom. The lowest BCUT2D eigenvalue weighted by Crippen LogP contribution is -2.25. The molecule has 1 unspecified atom stereocenters. The number of ketones is 1. The first-order chi connectivity index (χ1) is 12.1. The molecule has 5 nitrogen and oxygen atoms in total. The van der Waals surface area contributed by atoms with Gasteiger partial charge in [-0.15, -0.1) is 0 Å². The highest BCUT2D eigenvalue weighted by atomic mass is 16.6. The third-order valence-corrected chi connectivity index (χ3v) is 5.18. The molecule has 1 aliphatic carbocycles. The van der Waals surface area contributed by atoms with Crippen LogP contribution in [0, 0.1) is 0 Å². The lowest BCUT2D eigenvalue weighted by atomic mass is 9.81. The number of hydrogen-bond acceptors (Lipinski definition) is 4. The second-order valence-corrected chi connectivity index (χ2v) is 6.71. The van der Waals surface area contributed by atoms with Gasteiger partial charge >= 0.3 is 0 Å². The van der Waals surface area contributed by atoms with E-state index < -0.39 is 0 Å². The average molecular weight is 339 g/mol. The van der Waals surface area contributed by atoms with Gasteiger partial charge in [0.15, 0.2) is 17.3 Å². The normalized spacial score (nSPS) is 18.5. The molecule has 0 amide bonds. The van der Waals surface area contributed by atoms with Gasteiger partial charge < -0.3 is 14.0 Å². The number of aromatic nitrogens is 1. The molecule has 1 aromatic carbocycles. The van der Waals surface area contributed by atoms with Crippen LogP contribution in [0.5, 0.6) is 11.5 Å². The van der Waals surface area contributed by atoms with Crippen LogP contribution in [-0.2, 0) is 13.5 Å². The topological polar surface area (TPSA) is 57.5 Å². The third-order valence-electron chi connectivity index (χ3n) is 5.18. The Bertz CT molecular complexity index is 884. The molecule has 0 spiro atoms. The smallest absolute Gasteiger partial charge is 0.250 e. The first-order valence-corrected chi connectivity index (χ1v) is 8.75. The van der Waals surface area contributed by atoms with Gasteiger partial charge in [0.25, 0.3) is 0 Å². The van der Waals surface area contributed by atoms with Crippen molar-refractivity contribution in [1.82, 2.24) is 4.57 Å². The number of pyridine rings is 1. The van der Waals surface area contributed by atoms with E-state index in [9.17, 15) is 9.59 Å². The summed E-state index contributed by atoms with van der Waals surface area (Å²) in [7, 11) is 1.81. The van der Waals surface area contributed by atoms with Crippen molar-refractivity contribution >= 4 is 5.78 Å². The van der Waals surface area contributed by atoms with Crippen molar-refractivity contribution < 1.29 is 14.3 Å². The van der Waals surface area contributed by atoms with Crippen LogP contribution in [0.4, 0.5) is 0 Å². The van der Waals surface area contributed by atoms with Crippen LogP contribution >= 0.6 is 0 Å². The predicted molar refractivity (Wildman–Crippen MR) is 93.7 cm³/mol. The summed E-state index contributed by atoms with van der Waals surface area (Å²) in [6, 6.07) is 8.90. The predicted octanol–water partition coefficient (Wildman–Crippen LogP) is 2.85. The van der Waals surface area contributed by atoms with E-state index >= 15 is 0 Å². The maximum Gasteiger partial charge on any atom is 0.250 e. The quantitative estimate of drug-likeness (QED) is 0.807. The monoisotopic (exact) mass is 339 g/mol. The van der Waals surface area contributed by atoms with E-state index in [0.29, 0.717) is 36.7 Å². The van der Waals surface area contributed by atoms with Crippen LogP contribution in [0.3, 0.4) is 0 Å². The summed E-state index contributed by atoms with van der Waals surface area (Å²) < 4.78 is 12.8. The molecule has 1 aromatic heterocycles. The molecular formula is C20H21NO4. The Hall–Kier alpha value is -2.56. The fourth-order valence-electron chi connectivity index (χ4n) is 3.82. The van der Waals surface area contributed by atoms with Crippen LogP contribution in [0.2, 0.25) is 0 Å². The number of nitrogens with zero attached hydrogens (tertiary/aromatic N) is 1. The highest BCUT2D eigenvalue weighted by Crippen LogP contribution is 2.35. The lowest BCUT2D eigenvalue weighted by molar-refractivity contribution is 0.0969. The number of benzene rings is 1.